The first-order valence-corrected chi connectivity index (χ1v) is 10.6. The van der Waals surface area contributed by atoms with E-state index in [0.29, 0.717) is 26.7 Å². The van der Waals surface area contributed by atoms with Gasteiger partial charge >= 0.3 is 6.18 Å². The van der Waals surface area contributed by atoms with Gasteiger partial charge < -0.3 is 0 Å². The standard InChI is InChI=1S/C20H13Cl2F3O2S/c1-28(26,27)17-5-2-12(3-6-17)18-7-4-14(20(23,24)25)10-19(18)13-8-15(21)11-16(22)9-13/h2-11H,1H3. The molecule has 0 aromatic heterocycles. The van der Waals surface area contributed by atoms with Crippen molar-refractivity contribution in [3.8, 4) is 22.3 Å². The zero-order valence-corrected chi connectivity index (χ0v) is 16.7. The fourth-order valence-electron chi connectivity index (χ4n) is 2.80. The highest BCUT2D eigenvalue weighted by Crippen LogP contribution is 2.39. The molecule has 3 aromatic carbocycles. The zero-order chi connectivity index (χ0) is 20.7. The van der Waals surface area contributed by atoms with Gasteiger partial charge in [-0.05, 0) is 64.7 Å². The van der Waals surface area contributed by atoms with E-state index < -0.39 is 21.6 Å². The second-order valence-electron chi connectivity index (χ2n) is 6.21. The van der Waals surface area contributed by atoms with Crippen LogP contribution in [0.3, 0.4) is 0 Å². The summed E-state index contributed by atoms with van der Waals surface area (Å²) in [5, 5.41) is 0.580. The molecule has 0 amide bonds. The van der Waals surface area contributed by atoms with Gasteiger partial charge in [0.05, 0.1) is 10.5 Å². The second-order valence-corrected chi connectivity index (χ2v) is 9.10. The molecule has 146 valence electrons. The molecule has 0 aliphatic rings. The maximum Gasteiger partial charge on any atom is 0.416 e. The summed E-state index contributed by atoms with van der Waals surface area (Å²) in [4.78, 5) is 0.121. The fraction of sp³-hybridized carbons (Fsp3) is 0.100. The lowest BCUT2D eigenvalue weighted by atomic mass is 9.92. The van der Waals surface area contributed by atoms with Crippen LogP contribution in [0.5, 0.6) is 0 Å². The van der Waals surface area contributed by atoms with Gasteiger partial charge in [-0.2, -0.15) is 13.2 Å². The fourth-order valence-corrected chi connectivity index (χ4v) is 3.96. The van der Waals surface area contributed by atoms with E-state index in [9.17, 15) is 21.6 Å². The normalized spacial score (nSPS) is 12.2. The first-order valence-electron chi connectivity index (χ1n) is 7.93. The molecule has 0 fully saturated rings. The highest BCUT2D eigenvalue weighted by atomic mass is 35.5. The summed E-state index contributed by atoms with van der Waals surface area (Å²) in [6.07, 6.45) is -3.44. The van der Waals surface area contributed by atoms with Crippen molar-refractivity contribution >= 4 is 33.0 Å². The lowest BCUT2D eigenvalue weighted by Crippen LogP contribution is -2.05. The van der Waals surface area contributed by atoms with Crippen LogP contribution >= 0.6 is 23.2 Å². The van der Waals surface area contributed by atoms with Gasteiger partial charge in [-0.1, -0.05) is 41.4 Å². The van der Waals surface area contributed by atoms with Crippen LogP contribution in [0, 0.1) is 0 Å². The van der Waals surface area contributed by atoms with Crippen molar-refractivity contribution < 1.29 is 21.6 Å². The Hall–Kier alpha value is -2.02. The van der Waals surface area contributed by atoms with E-state index in [1.54, 1.807) is 12.1 Å². The smallest absolute Gasteiger partial charge is 0.224 e. The molecule has 0 aliphatic heterocycles. The van der Waals surface area contributed by atoms with E-state index in [1.165, 1.54) is 36.4 Å². The van der Waals surface area contributed by atoms with Crippen LogP contribution in [-0.2, 0) is 16.0 Å². The third kappa shape index (κ3) is 4.51. The van der Waals surface area contributed by atoms with Gasteiger partial charge in [-0.25, -0.2) is 8.42 Å². The number of hydrogen-bond acceptors (Lipinski definition) is 2. The first kappa shape index (κ1) is 20.7. The number of alkyl halides is 3. The molecule has 0 N–H and O–H groups in total. The van der Waals surface area contributed by atoms with Crippen LogP contribution in [0.2, 0.25) is 10.0 Å². The Morgan fingerprint density at radius 1 is 0.750 bits per heavy atom. The van der Waals surface area contributed by atoms with Crippen molar-refractivity contribution in [3.05, 3.63) is 76.3 Å². The predicted octanol–water partition coefficient (Wildman–Crippen LogP) is 6.75. The second kappa shape index (κ2) is 7.43. The summed E-state index contributed by atoms with van der Waals surface area (Å²) in [6.45, 7) is 0. The molecule has 0 spiro atoms. The summed E-state index contributed by atoms with van der Waals surface area (Å²) < 4.78 is 63.0. The van der Waals surface area contributed by atoms with Crippen LogP contribution < -0.4 is 0 Å². The minimum atomic E-state index is -4.52. The molecule has 0 saturated heterocycles. The summed E-state index contributed by atoms with van der Waals surface area (Å²) in [5.41, 5.74) is 0.950. The molecule has 3 aromatic rings. The molecular weight excluding hydrogens is 432 g/mol. The lowest BCUT2D eigenvalue weighted by molar-refractivity contribution is -0.137. The van der Waals surface area contributed by atoms with E-state index in [2.05, 4.69) is 0 Å². The molecule has 0 heterocycles. The van der Waals surface area contributed by atoms with Crippen molar-refractivity contribution in [1.82, 2.24) is 0 Å². The Morgan fingerprint density at radius 3 is 1.82 bits per heavy atom. The number of hydrogen-bond donors (Lipinski definition) is 0. The minimum Gasteiger partial charge on any atom is -0.224 e. The third-order valence-electron chi connectivity index (χ3n) is 4.11. The molecule has 0 radical (unpaired) electrons. The van der Waals surface area contributed by atoms with E-state index in [-0.39, 0.29) is 10.5 Å². The number of sulfone groups is 1. The lowest BCUT2D eigenvalue weighted by Gasteiger charge is -2.15. The minimum absolute atomic E-state index is 0.121. The molecule has 8 heteroatoms. The monoisotopic (exact) mass is 444 g/mol. The Bertz CT molecular complexity index is 1120. The molecule has 28 heavy (non-hydrogen) atoms. The van der Waals surface area contributed by atoms with Crippen molar-refractivity contribution in [2.75, 3.05) is 6.26 Å². The molecule has 0 unspecified atom stereocenters. The summed E-state index contributed by atoms with van der Waals surface area (Å²) >= 11 is 12.1. The van der Waals surface area contributed by atoms with Gasteiger partial charge in [-0.3, -0.25) is 0 Å². The van der Waals surface area contributed by atoms with Crippen LogP contribution in [0.25, 0.3) is 22.3 Å². The Labute approximate surface area is 170 Å². The average molecular weight is 445 g/mol. The van der Waals surface area contributed by atoms with Gasteiger partial charge in [0, 0.05) is 16.3 Å². The molecule has 3 rings (SSSR count). The van der Waals surface area contributed by atoms with Crippen molar-refractivity contribution in [3.63, 3.8) is 0 Å². The van der Waals surface area contributed by atoms with Crippen LogP contribution in [-0.4, -0.2) is 14.7 Å². The van der Waals surface area contributed by atoms with E-state index in [1.807, 2.05) is 0 Å². The first-order chi connectivity index (χ1) is 12.9. The van der Waals surface area contributed by atoms with Crippen LogP contribution in [0.15, 0.2) is 65.6 Å². The molecule has 0 bridgehead atoms. The quantitative estimate of drug-likeness (QED) is 0.447. The van der Waals surface area contributed by atoms with Crippen molar-refractivity contribution in [1.29, 1.82) is 0 Å². The SMILES string of the molecule is CS(=O)(=O)c1ccc(-c2ccc(C(F)(F)F)cc2-c2cc(Cl)cc(Cl)c2)cc1. The van der Waals surface area contributed by atoms with E-state index >= 15 is 0 Å². The highest BCUT2D eigenvalue weighted by Gasteiger charge is 2.31. The molecule has 0 saturated carbocycles. The van der Waals surface area contributed by atoms with E-state index in [4.69, 9.17) is 23.2 Å². The zero-order valence-electron chi connectivity index (χ0n) is 14.4. The maximum atomic E-state index is 13.2. The molecule has 2 nitrogen and oxygen atoms in total. The highest BCUT2D eigenvalue weighted by molar-refractivity contribution is 7.90. The maximum absolute atomic E-state index is 13.2. The van der Waals surface area contributed by atoms with Crippen molar-refractivity contribution in [2.45, 2.75) is 11.1 Å². The molecule has 0 aliphatic carbocycles. The van der Waals surface area contributed by atoms with Gasteiger partial charge in [-0.15, -0.1) is 0 Å². The third-order valence-corrected chi connectivity index (χ3v) is 5.68. The van der Waals surface area contributed by atoms with Crippen LogP contribution in [0.1, 0.15) is 5.56 Å². The molecule has 0 atom stereocenters. The number of halogens is 5. The largest absolute Gasteiger partial charge is 0.416 e. The van der Waals surface area contributed by atoms with Gasteiger partial charge in [0.15, 0.2) is 9.84 Å². The van der Waals surface area contributed by atoms with Gasteiger partial charge in [0.25, 0.3) is 0 Å². The van der Waals surface area contributed by atoms with Gasteiger partial charge in [0.1, 0.15) is 0 Å². The summed E-state index contributed by atoms with van der Waals surface area (Å²) in [6, 6.07) is 13.8. The Morgan fingerprint density at radius 2 is 1.32 bits per heavy atom. The number of rotatable bonds is 3. The summed E-state index contributed by atoms with van der Waals surface area (Å²) in [7, 11) is -3.39. The van der Waals surface area contributed by atoms with Crippen molar-refractivity contribution in [2.24, 2.45) is 0 Å². The summed E-state index contributed by atoms with van der Waals surface area (Å²) in [5.74, 6) is 0. The Balaban J connectivity index is 2.23. The van der Waals surface area contributed by atoms with E-state index in [0.717, 1.165) is 18.4 Å². The number of benzene rings is 3. The predicted molar refractivity (Wildman–Crippen MR) is 105 cm³/mol. The average Bonchev–Trinajstić information content (AvgIpc) is 2.59. The topological polar surface area (TPSA) is 34.1 Å². The Kier molecular flexibility index (Phi) is 5.49. The van der Waals surface area contributed by atoms with Gasteiger partial charge in [0.2, 0.25) is 0 Å². The molecular formula is C20H13Cl2F3O2S. The van der Waals surface area contributed by atoms with Crippen LogP contribution in [0.4, 0.5) is 13.2 Å².